The third-order valence-corrected chi connectivity index (χ3v) is 4.78. The van der Waals surface area contributed by atoms with Crippen LogP contribution in [0.1, 0.15) is 0 Å². The Morgan fingerprint density at radius 1 is 1.28 bits per heavy atom. The summed E-state index contributed by atoms with van der Waals surface area (Å²) in [7, 11) is -1.80. The van der Waals surface area contributed by atoms with E-state index in [9.17, 15) is 8.42 Å². The summed E-state index contributed by atoms with van der Waals surface area (Å²) in [6.07, 6.45) is 1.15. The molecule has 0 unspecified atom stereocenters. The van der Waals surface area contributed by atoms with Crippen LogP contribution in [-0.4, -0.2) is 21.7 Å². The van der Waals surface area contributed by atoms with E-state index in [1.807, 2.05) is 23.6 Å². The smallest absolute Gasteiger partial charge is 0.232 e. The highest BCUT2D eigenvalue weighted by atomic mass is 32.2. The molecule has 2 N–H and O–H groups in total. The van der Waals surface area contributed by atoms with E-state index < -0.39 is 10.0 Å². The average molecular weight is 282 g/mol. The number of nitrogen functional groups attached to an aromatic ring is 1. The average Bonchev–Trinajstić information content (AvgIpc) is 2.80. The molecule has 18 heavy (non-hydrogen) atoms. The Bertz CT molecular complexity index is 649. The van der Waals surface area contributed by atoms with Gasteiger partial charge in [-0.3, -0.25) is 4.31 Å². The summed E-state index contributed by atoms with van der Waals surface area (Å²) in [5.41, 5.74) is 7.87. The van der Waals surface area contributed by atoms with Crippen LogP contribution in [0.5, 0.6) is 0 Å². The van der Waals surface area contributed by atoms with E-state index in [1.165, 1.54) is 11.4 Å². The van der Waals surface area contributed by atoms with Gasteiger partial charge in [0.2, 0.25) is 10.0 Å². The third-order valence-electron chi connectivity index (χ3n) is 2.67. The van der Waals surface area contributed by atoms with E-state index in [-0.39, 0.29) is 0 Å². The van der Waals surface area contributed by atoms with Gasteiger partial charge in [0.05, 0.1) is 17.6 Å². The van der Waals surface area contributed by atoms with Gasteiger partial charge in [0, 0.05) is 11.9 Å². The first kappa shape index (κ1) is 12.9. The monoisotopic (exact) mass is 282 g/mol. The summed E-state index contributed by atoms with van der Waals surface area (Å²) in [5, 5.41) is 1.99. The molecule has 0 aliphatic rings. The van der Waals surface area contributed by atoms with Gasteiger partial charge in [0.15, 0.2) is 0 Å². The fourth-order valence-corrected chi connectivity index (χ4v) is 2.86. The standard InChI is InChI=1S/C12H14N2O2S2/c1-14(18(2,15)16)11-6-5-9(8-10(11)13)12-4-3-7-17-12/h3-8H,13H2,1-2H3. The molecule has 4 nitrogen and oxygen atoms in total. The normalized spacial score (nSPS) is 11.4. The number of hydrogen-bond donors (Lipinski definition) is 1. The molecule has 2 rings (SSSR count). The molecule has 1 aromatic heterocycles. The number of nitrogens with two attached hydrogens (primary N) is 1. The van der Waals surface area contributed by atoms with E-state index >= 15 is 0 Å². The summed E-state index contributed by atoms with van der Waals surface area (Å²) in [4.78, 5) is 1.11. The maximum Gasteiger partial charge on any atom is 0.232 e. The second-order valence-electron chi connectivity index (χ2n) is 3.98. The first-order valence-corrected chi connectivity index (χ1v) is 7.99. The number of thiophene rings is 1. The molecule has 0 radical (unpaired) electrons. The molecule has 0 aliphatic heterocycles. The van der Waals surface area contributed by atoms with Gasteiger partial charge < -0.3 is 5.73 Å². The lowest BCUT2D eigenvalue weighted by atomic mass is 10.1. The Kier molecular flexibility index (Phi) is 3.32. The zero-order valence-electron chi connectivity index (χ0n) is 10.1. The lowest BCUT2D eigenvalue weighted by molar-refractivity contribution is 0.600. The minimum absolute atomic E-state index is 0.453. The van der Waals surface area contributed by atoms with Gasteiger partial charge in [0.1, 0.15) is 0 Å². The van der Waals surface area contributed by atoms with E-state index in [2.05, 4.69) is 0 Å². The Balaban J connectivity index is 2.43. The van der Waals surface area contributed by atoms with Gasteiger partial charge in [-0.1, -0.05) is 12.1 Å². The highest BCUT2D eigenvalue weighted by Gasteiger charge is 2.15. The van der Waals surface area contributed by atoms with Crippen LogP contribution in [0.4, 0.5) is 11.4 Å². The lowest BCUT2D eigenvalue weighted by Crippen LogP contribution is -2.25. The van der Waals surface area contributed by atoms with Gasteiger partial charge >= 0.3 is 0 Å². The van der Waals surface area contributed by atoms with Crippen molar-refractivity contribution >= 4 is 32.7 Å². The molecular formula is C12H14N2O2S2. The minimum Gasteiger partial charge on any atom is -0.397 e. The van der Waals surface area contributed by atoms with Crippen molar-refractivity contribution in [2.45, 2.75) is 0 Å². The van der Waals surface area contributed by atoms with Crippen molar-refractivity contribution in [3.63, 3.8) is 0 Å². The highest BCUT2D eigenvalue weighted by molar-refractivity contribution is 7.92. The van der Waals surface area contributed by atoms with Crippen LogP contribution in [0.15, 0.2) is 35.7 Å². The Morgan fingerprint density at radius 3 is 2.50 bits per heavy atom. The fourth-order valence-electron chi connectivity index (χ4n) is 1.62. The van der Waals surface area contributed by atoms with E-state index in [0.717, 1.165) is 16.7 Å². The van der Waals surface area contributed by atoms with Crippen molar-refractivity contribution in [1.82, 2.24) is 0 Å². The molecule has 2 aromatic rings. The molecule has 0 atom stereocenters. The largest absolute Gasteiger partial charge is 0.397 e. The number of anilines is 2. The lowest BCUT2D eigenvalue weighted by Gasteiger charge is -2.19. The SMILES string of the molecule is CN(c1ccc(-c2cccs2)cc1N)S(C)(=O)=O. The van der Waals surface area contributed by atoms with Crippen molar-refractivity contribution in [1.29, 1.82) is 0 Å². The number of benzene rings is 1. The maximum absolute atomic E-state index is 11.5. The van der Waals surface area contributed by atoms with Crippen molar-refractivity contribution in [3.05, 3.63) is 35.7 Å². The van der Waals surface area contributed by atoms with Gasteiger partial charge in [-0.15, -0.1) is 11.3 Å². The Hall–Kier alpha value is -1.53. The van der Waals surface area contributed by atoms with E-state index in [0.29, 0.717) is 11.4 Å². The molecule has 96 valence electrons. The quantitative estimate of drug-likeness (QED) is 0.879. The predicted molar refractivity (Wildman–Crippen MR) is 77.4 cm³/mol. The molecule has 0 bridgehead atoms. The zero-order chi connectivity index (χ0) is 13.3. The highest BCUT2D eigenvalue weighted by Crippen LogP contribution is 2.31. The van der Waals surface area contributed by atoms with Crippen molar-refractivity contribution in [2.75, 3.05) is 23.3 Å². The summed E-state index contributed by atoms with van der Waals surface area (Å²) in [6, 6.07) is 9.36. The van der Waals surface area contributed by atoms with Crippen LogP contribution < -0.4 is 10.0 Å². The number of rotatable bonds is 3. The molecule has 0 aliphatic carbocycles. The van der Waals surface area contributed by atoms with E-state index in [1.54, 1.807) is 23.5 Å². The van der Waals surface area contributed by atoms with Gasteiger partial charge in [-0.25, -0.2) is 8.42 Å². The molecule has 0 fully saturated rings. The summed E-state index contributed by atoms with van der Waals surface area (Å²) in [6.45, 7) is 0. The maximum atomic E-state index is 11.5. The minimum atomic E-state index is -3.29. The molecule has 6 heteroatoms. The van der Waals surface area contributed by atoms with Crippen molar-refractivity contribution in [3.8, 4) is 10.4 Å². The van der Waals surface area contributed by atoms with Gasteiger partial charge in [-0.05, 0) is 29.1 Å². The van der Waals surface area contributed by atoms with Gasteiger partial charge in [-0.2, -0.15) is 0 Å². The molecule has 0 saturated carbocycles. The van der Waals surface area contributed by atoms with Crippen LogP contribution in [0, 0.1) is 0 Å². The van der Waals surface area contributed by atoms with Gasteiger partial charge in [0.25, 0.3) is 0 Å². The summed E-state index contributed by atoms with van der Waals surface area (Å²) >= 11 is 1.62. The molecule has 0 spiro atoms. The molecule has 1 heterocycles. The number of hydrogen-bond acceptors (Lipinski definition) is 4. The Morgan fingerprint density at radius 2 is 2.00 bits per heavy atom. The summed E-state index contributed by atoms with van der Waals surface area (Å²) in [5.74, 6) is 0. The molecule has 1 aromatic carbocycles. The summed E-state index contributed by atoms with van der Waals surface area (Å²) < 4.78 is 24.1. The van der Waals surface area contributed by atoms with Crippen molar-refractivity contribution in [2.24, 2.45) is 0 Å². The fraction of sp³-hybridized carbons (Fsp3) is 0.167. The first-order valence-electron chi connectivity index (χ1n) is 5.27. The van der Waals surface area contributed by atoms with Crippen LogP contribution in [0.2, 0.25) is 0 Å². The van der Waals surface area contributed by atoms with Crippen LogP contribution in [-0.2, 0) is 10.0 Å². The second kappa shape index (κ2) is 4.62. The number of nitrogens with zero attached hydrogens (tertiary/aromatic N) is 1. The molecule has 0 saturated heterocycles. The topological polar surface area (TPSA) is 63.4 Å². The Labute approximate surface area is 111 Å². The first-order chi connectivity index (χ1) is 8.39. The zero-order valence-corrected chi connectivity index (χ0v) is 11.8. The number of sulfonamides is 1. The van der Waals surface area contributed by atoms with Crippen LogP contribution in [0.3, 0.4) is 0 Å². The van der Waals surface area contributed by atoms with Crippen LogP contribution >= 0.6 is 11.3 Å². The molecule has 0 amide bonds. The molecular weight excluding hydrogens is 268 g/mol. The second-order valence-corrected chi connectivity index (χ2v) is 6.94. The third kappa shape index (κ3) is 2.49. The van der Waals surface area contributed by atoms with Crippen molar-refractivity contribution < 1.29 is 8.42 Å². The van der Waals surface area contributed by atoms with E-state index in [4.69, 9.17) is 5.73 Å². The van der Waals surface area contributed by atoms with Crippen LogP contribution in [0.25, 0.3) is 10.4 Å². The predicted octanol–water partition coefficient (Wildman–Crippen LogP) is 2.39.